The van der Waals surface area contributed by atoms with Gasteiger partial charge in [-0.2, -0.15) is 0 Å². The van der Waals surface area contributed by atoms with E-state index < -0.39 is 9.85 Å². The van der Waals surface area contributed by atoms with Crippen LogP contribution in [0, 0.1) is 27.2 Å². The highest BCUT2D eigenvalue weighted by Gasteiger charge is 2.21. The van der Waals surface area contributed by atoms with Crippen LogP contribution in [0.5, 0.6) is 0 Å². The van der Waals surface area contributed by atoms with Crippen molar-refractivity contribution in [2.24, 2.45) is 0 Å². The van der Waals surface area contributed by atoms with Crippen molar-refractivity contribution in [3.8, 4) is 11.3 Å². The lowest BCUT2D eigenvalue weighted by Gasteiger charge is -2.06. The summed E-state index contributed by atoms with van der Waals surface area (Å²) in [6, 6.07) is 14.8. The van der Waals surface area contributed by atoms with Gasteiger partial charge in [-0.05, 0) is 30.8 Å². The van der Waals surface area contributed by atoms with E-state index in [2.05, 4.69) is 9.97 Å². The second kappa shape index (κ2) is 7.28. The molecule has 0 saturated heterocycles. The summed E-state index contributed by atoms with van der Waals surface area (Å²) in [5.74, 6) is 0. The number of rotatable bonds is 5. The van der Waals surface area contributed by atoms with Gasteiger partial charge in [-0.15, -0.1) is 0 Å². The molecule has 0 amide bonds. The van der Waals surface area contributed by atoms with E-state index in [4.69, 9.17) is 0 Å². The van der Waals surface area contributed by atoms with E-state index in [-0.39, 0.29) is 16.3 Å². The molecule has 0 aliphatic heterocycles. The van der Waals surface area contributed by atoms with E-state index >= 15 is 0 Å². The summed E-state index contributed by atoms with van der Waals surface area (Å²) < 4.78 is 0. The number of nitrogens with zero attached hydrogens (tertiary/aromatic N) is 4. The summed E-state index contributed by atoms with van der Waals surface area (Å²) in [5.41, 5.74) is 1.63. The van der Waals surface area contributed by atoms with Crippen molar-refractivity contribution in [3.63, 3.8) is 0 Å². The quantitative estimate of drug-likeness (QED) is 0.372. The number of nitro benzene ring substituents is 2. The van der Waals surface area contributed by atoms with Crippen molar-refractivity contribution in [2.75, 3.05) is 0 Å². The Kier molecular flexibility index (Phi) is 4.90. The summed E-state index contributed by atoms with van der Waals surface area (Å²) >= 11 is 0.999. The van der Waals surface area contributed by atoms with Gasteiger partial charge < -0.3 is 0 Å². The Hall–Kier alpha value is -3.33. The van der Waals surface area contributed by atoms with Gasteiger partial charge in [0, 0.05) is 17.3 Å². The van der Waals surface area contributed by atoms with Crippen LogP contribution in [0.25, 0.3) is 11.3 Å². The molecule has 0 bridgehead atoms. The van der Waals surface area contributed by atoms with E-state index in [1.165, 1.54) is 12.1 Å². The molecule has 1 aromatic heterocycles. The number of hydrogen-bond acceptors (Lipinski definition) is 7. The minimum absolute atomic E-state index is 0.241. The summed E-state index contributed by atoms with van der Waals surface area (Å²) in [5, 5.41) is 22.4. The van der Waals surface area contributed by atoms with Crippen molar-refractivity contribution in [2.45, 2.75) is 17.0 Å². The summed E-state index contributed by atoms with van der Waals surface area (Å²) in [6.45, 7) is 1.81. The number of aryl methyl sites for hydroxylation is 1. The molecule has 0 aliphatic rings. The molecule has 2 aromatic carbocycles. The van der Waals surface area contributed by atoms with Crippen LogP contribution in [-0.2, 0) is 0 Å². The Morgan fingerprint density at radius 2 is 1.65 bits per heavy atom. The predicted molar refractivity (Wildman–Crippen MR) is 96.1 cm³/mol. The van der Waals surface area contributed by atoms with Crippen LogP contribution in [0.15, 0.2) is 64.6 Å². The third-order valence-electron chi connectivity index (χ3n) is 3.45. The Morgan fingerprint density at radius 1 is 0.923 bits per heavy atom. The maximum absolute atomic E-state index is 11.3. The largest absolute Gasteiger partial charge is 0.290 e. The molecule has 0 spiro atoms. The maximum Gasteiger partial charge on any atom is 0.290 e. The van der Waals surface area contributed by atoms with E-state index in [0.29, 0.717) is 16.5 Å². The first-order valence-corrected chi connectivity index (χ1v) is 8.27. The molecule has 3 rings (SSSR count). The Balaban J connectivity index is 2.00. The molecular formula is C17H12N4O4S. The second-order valence-electron chi connectivity index (χ2n) is 5.31. The monoisotopic (exact) mass is 368 g/mol. The lowest BCUT2D eigenvalue weighted by Crippen LogP contribution is -1.97. The average Bonchev–Trinajstić information content (AvgIpc) is 2.62. The number of nitro groups is 2. The molecule has 0 radical (unpaired) electrons. The lowest BCUT2D eigenvalue weighted by molar-refractivity contribution is -0.396. The first-order valence-electron chi connectivity index (χ1n) is 7.46. The SMILES string of the molecule is Cc1cc(-c2ccccc2)nc(Sc2ccc([N+](=O)[O-])cc2[N+](=O)[O-])n1. The zero-order chi connectivity index (χ0) is 18.7. The molecule has 0 fully saturated rings. The standard InChI is InChI=1S/C17H12N4O4S/c1-11-9-14(12-5-3-2-4-6-12)19-17(18-11)26-16-8-7-13(20(22)23)10-15(16)21(24)25/h2-10H,1H3. The number of aromatic nitrogens is 2. The minimum atomic E-state index is -0.669. The fourth-order valence-electron chi connectivity index (χ4n) is 2.29. The van der Waals surface area contributed by atoms with E-state index in [1.807, 2.05) is 43.3 Å². The van der Waals surface area contributed by atoms with Gasteiger partial charge in [0.05, 0.1) is 26.5 Å². The Labute approximate surface area is 152 Å². The molecule has 0 N–H and O–H groups in total. The van der Waals surface area contributed by atoms with Crippen LogP contribution in [0.1, 0.15) is 5.69 Å². The van der Waals surface area contributed by atoms with Gasteiger partial charge in [0.25, 0.3) is 11.4 Å². The zero-order valence-electron chi connectivity index (χ0n) is 13.5. The maximum atomic E-state index is 11.3. The van der Waals surface area contributed by atoms with Crippen molar-refractivity contribution in [1.29, 1.82) is 0 Å². The van der Waals surface area contributed by atoms with Crippen LogP contribution < -0.4 is 0 Å². The number of non-ortho nitro benzene ring substituents is 1. The van der Waals surface area contributed by atoms with Gasteiger partial charge in [-0.3, -0.25) is 20.2 Å². The summed E-state index contributed by atoms with van der Waals surface area (Å²) in [6.07, 6.45) is 0. The molecular weight excluding hydrogens is 356 g/mol. The molecule has 0 atom stereocenters. The summed E-state index contributed by atoms with van der Waals surface area (Å²) in [4.78, 5) is 29.8. The second-order valence-corrected chi connectivity index (χ2v) is 6.32. The Morgan fingerprint density at radius 3 is 2.31 bits per heavy atom. The molecule has 3 aromatic rings. The number of benzene rings is 2. The molecule has 130 valence electrons. The number of hydrogen-bond donors (Lipinski definition) is 0. The van der Waals surface area contributed by atoms with Crippen LogP contribution >= 0.6 is 11.8 Å². The smallest absolute Gasteiger partial charge is 0.258 e. The molecule has 26 heavy (non-hydrogen) atoms. The molecule has 0 unspecified atom stereocenters. The van der Waals surface area contributed by atoms with Crippen molar-refractivity contribution in [3.05, 3.63) is 80.5 Å². The van der Waals surface area contributed by atoms with Gasteiger partial charge in [-0.1, -0.05) is 30.3 Å². The molecule has 9 heteroatoms. The van der Waals surface area contributed by atoms with Crippen LogP contribution in [0.4, 0.5) is 11.4 Å². The Bertz CT molecular complexity index is 995. The lowest BCUT2D eigenvalue weighted by atomic mass is 10.1. The fraction of sp³-hybridized carbons (Fsp3) is 0.0588. The zero-order valence-corrected chi connectivity index (χ0v) is 14.3. The molecule has 1 heterocycles. The molecule has 0 aliphatic carbocycles. The van der Waals surface area contributed by atoms with E-state index in [0.717, 1.165) is 23.4 Å². The predicted octanol–water partition coefficient (Wildman–Crippen LogP) is 4.42. The highest BCUT2D eigenvalue weighted by Crippen LogP contribution is 2.36. The van der Waals surface area contributed by atoms with Gasteiger partial charge in [0.2, 0.25) is 0 Å². The summed E-state index contributed by atoms with van der Waals surface area (Å²) in [7, 11) is 0. The highest BCUT2D eigenvalue weighted by molar-refractivity contribution is 7.99. The van der Waals surface area contributed by atoms with E-state index in [1.54, 1.807) is 0 Å². The van der Waals surface area contributed by atoms with Gasteiger partial charge in [0.1, 0.15) is 0 Å². The van der Waals surface area contributed by atoms with Gasteiger partial charge in [-0.25, -0.2) is 9.97 Å². The highest BCUT2D eigenvalue weighted by atomic mass is 32.2. The van der Waals surface area contributed by atoms with Crippen LogP contribution in [-0.4, -0.2) is 19.8 Å². The average molecular weight is 368 g/mol. The van der Waals surface area contributed by atoms with Crippen LogP contribution in [0.2, 0.25) is 0 Å². The molecule has 0 saturated carbocycles. The van der Waals surface area contributed by atoms with Crippen molar-refractivity contribution >= 4 is 23.1 Å². The van der Waals surface area contributed by atoms with Gasteiger partial charge in [0.15, 0.2) is 5.16 Å². The van der Waals surface area contributed by atoms with Crippen molar-refractivity contribution < 1.29 is 9.85 Å². The fourth-order valence-corrected chi connectivity index (χ4v) is 3.19. The normalized spacial score (nSPS) is 10.5. The molecule has 8 nitrogen and oxygen atoms in total. The third kappa shape index (κ3) is 3.83. The third-order valence-corrected chi connectivity index (χ3v) is 4.38. The van der Waals surface area contributed by atoms with Crippen molar-refractivity contribution in [1.82, 2.24) is 9.97 Å². The van der Waals surface area contributed by atoms with Gasteiger partial charge >= 0.3 is 0 Å². The first-order chi connectivity index (χ1) is 12.4. The topological polar surface area (TPSA) is 112 Å². The van der Waals surface area contributed by atoms with E-state index in [9.17, 15) is 20.2 Å². The minimum Gasteiger partial charge on any atom is -0.258 e. The van der Waals surface area contributed by atoms with Crippen LogP contribution in [0.3, 0.4) is 0 Å². The first kappa shape index (κ1) is 17.5.